The fraction of sp³-hybridized carbons (Fsp3) is 0.111. The third-order valence-electron chi connectivity index (χ3n) is 4.02. The second kappa shape index (κ2) is 6.89. The molecule has 10 heteroatoms. The number of rotatable bonds is 5. The zero-order valence-electron chi connectivity index (χ0n) is 15.1. The monoisotopic (exact) mass is 396 g/mol. The summed E-state index contributed by atoms with van der Waals surface area (Å²) in [6.07, 6.45) is 7.22. The topological polar surface area (TPSA) is 111 Å². The molecule has 1 aromatic carbocycles. The Labute approximate surface area is 161 Å². The molecule has 0 aliphatic rings. The number of hydrogen-bond acceptors (Lipinski definition) is 8. The van der Waals surface area contributed by atoms with Crippen LogP contribution in [0.25, 0.3) is 16.9 Å². The van der Waals surface area contributed by atoms with Gasteiger partial charge in [0.15, 0.2) is 15.5 Å². The number of hydrogen-bond donors (Lipinski definition) is 1. The molecule has 1 N–H and O–H groups in total. The number of aromatic nitrogens is 5. The maximum Gasteiger partial charge on any atom is 0.247 e. The Balaban J connectivity index is 1.73. The molecule has 0 unspecified atom stereocenters. The summed E-state index contributed by atoms with van der Waals surface area (Å²) in [6.45, 7) is 0. The number of methoxy groups -OCH3 is 1. The van der Waals surface area contributed by atoms with Crippen LogP contribution < -0.4 is 10.1 Å². The molecule has 0 amide bonds. The summed E-state index contributed by atoms with van der Waals surface area (Å²) in [7, 11) is -1.78. The summed E-state index contributed by atoms with van der Waals surface area (Å²) in [6, 6.07) is 8.88. The van der Waals surface area contributed by atoms with Crippen LogP contribution in [-0.4, -0.2) is 46.3 Å². The molecule has 0 spiro atoms. The molecule has 0 fully saturated rings. The number of sulfone groups is 1. The van der Waals surface area contributed by atoms with Crippen molar-refractivity contribution in [2.45, 2.75) is 4.90 Å². The Morgan fingerprint density at radius 2 is 1.93 bits per heavy atom. The number of nitrogens with zero attached hydrogens (tertiary/aromatic N) is 5. The highest BCUT2D eigenvalue weighted by Crippen LogP contribution is 2.24. The summed E-state index contributed by atoms with van der Waals surface area (Å²) in [4.78, 5) is 13.0. The Morgan fingerprint density at radius 1 is 1.14 bits per heavy atom. The average Bonchev–Trinajstić information content (AvgIpc) is 3.10. The zero-order chi connectivity index (χ0) is 19.7. The number of fused-ring (bicyclic) bond motifs is 1. The second-order valence-electron chi connectivity index (χ2n) is 6.01. The molecule has 28 heavy (non-hydrogen) atoms. The highest BCUT2D eigenvalue weighted by molar-refractivity contribution is 7.90. The van der Waals surface area contributed by atoms with Gasteiger partial charge in [0.2, 0.25) is 5.95 Å². The SMILES string of the molecule is COc1ccc(Nc2nc3c(-c4cncc(S(C)(=O)=O)c4)nccn3n2)cc1. The van der Waals surface area contributed by atoms with Gasteiger partial charge in [-0.25, -0.2) is 12.9 Å². The van der Waals surface area contributed by atoms with Crippen molar-refractivity contribution >= 4 is 27.1 Å². The van der Waals surface area contributed by atoms with E-state index < -0.39 is 9.84 Å². The van der Waals surface area contributed by atoms with Crippen molar-refractivity contribution in [2.75, 3.05) is 18.7 Å². The van der Waals surface area contributed by atoms with E-state index in [0.29, 0.717) is 22.9 Å². The van der Waals surface area contributed by atoms with Crippen LogP contribution in [0.2, 0.25) is 0 Å². The van der Waals surface area contributed by atoms with Crippen molar-refractivity contribution in [3.8, 4) is 17.0 Å². The number of anilines is 2. The Bertz CT molecular complexity index is 1250. The molecule has 142 valence electrons. The highest BCUT2D eigenvalue weighted by atomic mass is 32.2. The minimum Gasteiger partial charge on any atom is -0.497 e. The molecule has 0 aliphatic carbocycles. The van der Waals surface area contributed by atoms with Gasteiger partial charge in [0, 0.05) is 42.3 Å². The molecule has 3 aromatic heterocycles. The number of benzene rings is 1. The molecule has 3 heterocycles. The summed E-state index contributed by atoms with van der Waals surface area (Å²) in [5, 5.41) is 7.51. The van der Waals surface area contributed by atoms with Crippen LogP contribution in [0.4, 0.5) is 11.6 Å². The van der Waals surface area contributed by atoms with Gasteiger partial charge in [0.1, 0.15) is 11.4 Å². The minimum absolute atomic E-state index is 0.116. The van der Waals surface area contributed by atoms with E-state index in [1.165, 1.54) is 12.3 Å². The molecular weight excluding hydrogens is 380 g/mol. The van der Waals surface area contributed by atoms with Crippen LogP contribution in [0.15, 0.2) is 60.0 Å². The van der Waals surface area contributed by atoms with Gasteiger partial charge in [-0.15, -0.1) is 5.10 Å². The Hall–Kier alpha value is -3.53. The first-order valence-corrected chi connectivity index (χ1v) is 10.1. The third kappa shape index (κ3) is 3.49. The molecule has 0 aliphatic heterocycles. The lowest BCUT2D eigenvalue weighted by Crippen LogP contribution is -1.99. The number of pyridine rings is 1. The molecule has 0 saturated heterocycles. The number of nitrogens with one attached hydrogen (secondary N) is 1. The van der Waals surface area contributed by atoms with Gasteiger partial charge < -0.3 is 10.1 Å². The van der Waals surface area contributed by atoms with Crippen molar-refractivity contribution in [1.29, 1.82) is 0 Å². The van der Waals surface area contributed by atoms with Gasteiger partial charge in [0.05, 0.1) is 12.0 Å². The van der Waals surface area contributed by atoms with Crippen molar-refractivity contribution in [2.24, 2.45) is 0 Å². The van der Waals surface area contributed by atoms with E-state index in [0.717, 1.165) is 17.7 Å². The van der Waals surface area contributed by atoms with Crippen molar-refractivity contribution in [1.82, 2.24) is 24.6 Å². The highest BCUT2D eigenvalue weighted by Gasteiger charge is 2.15. The van der Waals surface area contributed by atoms with E-state index in [9.17, 15) is 8.42 Å². The minimum atomic E-state index is -3.38. The van der Waals surface area contributed by atoms with Crippen LogP contribution in [0.5, 0.6) is 5.75 Å². The van der Waals surface area contributed by atoms with Gasteiger partial charge in [-0.2, -0.15) is 4.98 Å². The fourth-order valence-corrected chi connectivity index (χ4v) is 3.22. The standard InChI is InChI=1S/C18H16N6O3S/c1-27-14-5-3-13(4-6-14)21-18-22-17-16(20-7-8-24(17)23-18)12-9-15(11-19-10-12)28(2,25)26/h3-11H,1-2H3,(H,21,23). The van der Waals surface area contributed by atoms with Crippen molar-refractivity contribution in [3.63, 3.8) is 0 Å². The molecule has 0 radical (unpaired) electrons. The molecule has 4 rings (SSSR count). The van der Waals surface area contributed by atoms with E-state index in [4.69, 9.17) is 4.74 Å². The van der Waals surface area contributed by atoms with E-state index >= 15 is 0 Å². The Kier molecular flexibility index (Phi) is 4.40. The Morgan fingerprint density at radius 3 is 2.64 bits per heavy atom. The summed E-state index contributed by atoms with van der Waals surface area (Å²) >= 11 is 0. The third-order valence-corrected chi connectivity index (χ3v) is 5.10. The maximum atomic E-state index is 11.8. The molecular formula is C18H16N6O3S. The van der Waals surface area contributed by atoms with Gasteiger partial charge in [-0.3, -0.25) is 9.97 Å². The van der Waals surface area contributed by atoms with Crippen LogP contribution in [-0.2, 0) is 9.84 Å². The fourth-order valence-electron chi connectivity index (χ4n) is 2.63. The smallest absolute Gasteiger partial charge is 0.247 e. The average molecular weight is 396 g/mol. The number of ether oxygens (including phenoxy) is 1. The van der Waals surface area contributed by atoms with E-state index in [1.807, 2.05) is 24.3 Å². The van der Waals surface area contributed by atoms with Crippen molar-refractivity contribution < 1.29 is 13.2 Å². The predicted molar refractivity (Wildman–Crippen MR) is 103 cm³/mol. The molecule has 0 bridgehead atoms. The van der Waals surface area contributed by atoms with Gasteiger partial charge >= 0.3 is 0 Å². The largest absolute Gasteiger partial charge is 0.497 e. The van der Waals surface area contributed by atoms with Gasteiger partial charge in [-0.05, 0) is 30.3 Å². The summed E-state index contributed by atoms with van der Waals surface area (Å²) < 4.78 is 30.4. The van der Waals surface area contributed by atoms with Gasteiger partial charge in [-0.1, -0.05) is 0 Å². The van der Waals surface area contributed by atoms with Crippen LogP contribution >= 0.6 is 0 Å². The molecule has 4 aromatic rings. The maximum absolute atomic E-state index is 11.8. The van der Waals surface area contributed by atoms with E-state index in [-0.39, 0.29) is 4.90 Å². The summed E-state index contributed by atoms with van der Waals surface area (Å²) in [5.41, 5.74) is 2.30. The van der Waals surface area contributed by atoms with Crippen LogP contribution in [0.1, 0.15) is 0 Å². The first-order chi connectivity index (χ1) is 13.4. The van der Waals surface area contributed by atoms with Crippen LogP contribution in [0, 0.1) is 0 Å². The normalized spacial score (nSPS) is 11.5. The zero-order valence-corrected chi connectivity index (χ0v) is 15.9. The molecule has 0 atom stereocenters. The quantitative estimate of drug-likeness (QED) is 0.547. The first kappa shape index (κ1) is 17.9. The lowest BCUT2D eigenvalue weighted by molar-refractivity contribution is 0.415. The lowest BCUT2D eigenvalue weighted by atomic mass is 10.2. The molecule has 9 nitrogen and oxygen atoms in total. The van der Waals surface area contributed by atoms with Gasteiger partial charge in [0.25, 0.3) is 0 Å². The van der Waals surface area contributed by atoms with E-state index in [2.05, 4.69) is 25.4 Å². The first-order valence-electron chi connectivity index (χ1n) is 8.22. The lowest BCUT2D eigenvalue weighted by Gasteiger charge is -2.03. The van der Waals surface area contributed by atoms with E-state index in [1.54, 1.807) is 30.2 Å². The summed E-state index contributed by atoms with van der Waals surface area (Å²) in [5.74, 6) is 1.13. The van der Waals surface area contributed by atoms with Crippen LogP contribution in [0.3, 0.4) is 0 Å². The van der Waals surface area contributed by atoms with Crippen molar-refractivity contribution in [3.05, 3.63) is 55.1 Å². The molecule has 0 saturated carbocycles. The second-order valence-corrected chi connectivity index (χ2v) is 8.03. The predicted octanol–water partition coefficient (Wildman–Crippen LogP) is 2.34.